The lowest BCUT2D eigenvalue weighted by Crippen LogP contribution is -2.28. The lowest BCUT2D eigenvalue weighted by atomic mass is 10.0. The quantitative estimate of drug-likeness (QED) is 0.573. The summed E-state index contributed by atoms with van der Waals surface area (Å²) in [5.41, 5.74) is 5.00. The van der Waals surface area contributed by atoms with Gasteiger partial charge in [0.25, 0.3) is 0 Å². The summed E-state index contributed by atoms with van der Waals surface area (Å²) in [6, 6.07) is 5.81. The molecule has 1 unspecified atom stereocenters. The highest BCUT2D eigenvalue weighted by molar-refractivity contribution is 9.10. The fraction of sp³-hybridized carbons (Fsp3) is 0.333. The summed E-state index contributed by atoms with van der Waals surface area (Å²) >= 11 is 5.18. The second kappa shape index (κ2) is 7.79. The molecule has 0 spiro atoms. The first-order chi connectivity index (χ1) is 10.2. The monoisotopic (exact) mass is 370 g/mol. The van der Waals surface area contributed by atoms with E-state index in [1.54, 1.807) is 11.3 Å². The minimum absolute atomic E-state index is 0.0968. The standard InChI is InChI=1S/C15H19BrN2O2S/c1-3-19-13-6-5-10(7-14(13)20-4-2)15(18-17)11-8-21-9-12(11)16/h5-9,15,18H,3-4,17H2,1-2H3. The van der Waals surface area contributed by atoms with E-state index in [9.17, 15) is 0 Å². The normalized spacial score (nSPS) is 12.2. The largest absolute Gasteiger partial charge is 0.490 e. The first kappa shape index (κ1) is 16.3. The zero-order valence-corrected chi connectivity index (χ0v) is 14.5. The number of thiophene rings is 1. The Balaban J connectivity index is 2.38. The van der Waals surface area contributed by atoms with Crippen molar-refractivity contribution < 1.29 is 9.47 Å². The van der Waals surface area contributed by atoms with Gasteiger partial charge in [-0.2, -0.15) is 11.3 Å². The van der Waals surface area contributed by atoms with Crippen LogP contribution in [0, 0.1) is 0 Å². The Kier molecular flexibility index (Phi) is 6.05. The summed E-state index contributed by atoms with van der Waals surface area (Å²) in [6.07, 6.45) is 0. The van der Waals surface area contributed by atoms with Crippen molar-refractivity contribution >= 4 is 27.3 Å². The molecule has 1 atom stereocenters. The van der Waals surface area contributed by atoms with Gasteiger partial charge in [0.1, 0.15) is 0 Å². The van der Waals surface area contributed by atoms with Gasteiger partial charge < -0.3 is 9.47 Å². The van der Waals surface area contributed by atoms with Gasteiger partial charge in [-0.3, -0.25) is 5.84 Å². The van der Waals surface area contributed by atoms with Crippen LogP contribution in [0.4, 0.5) is 0 Å². The van der Waals surface area contributed by atoms with Gasteiger partial charge in [-0.1, -0.05) is 6.07 Å². The molecule has 0 aliphatic carbocycles. The van der Waals surface area contributed by atoms with Crippen LogP contribution in [0.1, 0.15) is 31.0 Å². The Morgan fingerprint density at radius 1 is 1.19 bits per heavy atom. The SMILES string of the molecule is CCOc1ccc(C(NN)c2cscc2Br)cc1OCC. The lowest BCUT2D eigenvalue weighted by molar-refractivity contribution is 0.287. The molecule has 114 valence electrons. The van der Waals surface area contributed by atoms with Gasteiger partial charge in [-0.25, -0.2) is 5.43 Å². The number of nitrogens with two attached hydrogens (primary N) is 1. The average molecular weight is 371 g/mol. The fourth-order valence-electron chi connectivity index (χ4n) is 2.11. The molecule has 3 N–H and O–H groups in total. The van der Waals surface area contributed by atoms with Crippen LogP contribution < -0.4 is 20.7 Å². The Morgan fingerprint density at radius 2 is 1.90 bits per heavy atom. The van der Waals surface area contributed by atoms with Crippen LogP contribution in [0.25, 0.3) is 0 Å². The minimum Gasteiger partial charge on any atom is -0.490 e. The Hall–Kier alpha value is -1.08. The van der Waals surface area contributed by atoms with E-state index in [4.69, 9.17) is 15.3 Å². The van der Waals surface area contributed by atoms with Crippen LogP contribution in [0.2, 0.25) is 0 Å². The van der Waals surface area contributed by atoms with E-state index >= 15 is 0 Å². The molecule has 0 aliphatic rings. The van der Waals surface area contributed by atoms with Gasteiger partial charge in [-0.15, -0.1) is 0 Å². The number of halogens is 1. The van der Waals surface area contributed by atoms with Crippen molar-refractivity contribution in [2.45, 2.75) is 19.9 Å². The molecule has 0 fully saturated rings. The Labute approximate surface area is 137 Å². The zero-order chi connectivity index (χ0) is 15.2. The van der Waals surface area contributed by atoms with E-state index in [-0.39, 0.29) is 6.04 Å². The first-order valence-corrected chi connectivity index (χ1v) is 8.52. The van der Waals surface area contributed by atoms with Crippen LogP contribution in [-0.2, 0) is 0 Å². The number of benzene rings is 1. The van der Waals surface area contributed by atoms with E-state index in [1.165, 1.54) is 0 Å². The number of ether oxygens (including phenoxy) is 2. The molecular formula is C15H19BrN2O2S. The highest BCUT2D eigenvalue weighted by Gasteiger charge is 2.18. The van der Waals surface area contributed by atoms with Crippen LogP contribution in [0.3, 0.4) is 0 Å². The average Bonchev–Trinajstić information content (AvgIpc) is 2.89. The van der Waals surface area contributed by atoms with Crippen molar-refractivity contribution in [2.75, 3.05) is 13.2 Å². The molecular weight excluding hydrogens is 352 g/mol. The molecule has 1 aromatic heterocycles. The van der Waals surface area contributed by atoms with Gasteiger partial charge in [0.2, 0.25) is 0 Å². The summed E-state index contributed by atoms with van der Waals surface area (Å²) < 4.78 is 12.3. The summed E-state index contributed by atoms with van der Waals surface area (Å²) in [7, 11) is 0. The minimum atomic E-state index is -0.0968. The van der Waals surface area contributed by atoms with Gasteiger partial charge in [-0.05, 0) is 58.4 Å². The predicted octanol–water partition coefficient (Wildman–Crippen LogP) is 3.86. The van der Waals surface area contributed by atoms with E-state index in [1.807, 2.05) is 37.4 Å². The summed E-state index contributed by atoms with van der Waals surface area (Å²) in [6.45, 7) is 5.10. The molecule has 0 amide bonds. The number of hydrogen-bond acceptors (Lipinski definition) is 5. The van der Waals surface area contributed by atoms with E-state index in [0.29, 0.717) is 13.2 Å². The summed E-state index contributed by atoms with van der Waals surface area (Å²) in [4.78, 5) is 0. The molecule has 0 saturated heterocycles. The smallest absolute Gasteiger partial charge is 0.161 e. The number of nitrogens with one attached hydrogen (secondary N) is 1. The molecule has 0 bridgehead atoms. The molecule has 2 aromatic rings. The second-order valence-corrected chi connectivity index (χ2v) is 5.94. The van der Waals surface area contributed by atoms with Gasteiger partial charge in [0.15, 0.2) is 11.5 Å². The van der Waals surface area contributed by atoms with Crippen LogP contribution in [-0.4, -0.2) is 13.2 Å². The molecule has 6 heteroatoms. The van der Waals surface area contributed by atoms with E-state index < -0.39 is 0 Å². The third kappa shape index (κ3) is 3.77. The number of hydrazine groups is 1. The maximum atomic E-state index is 5.75. The topological polar surface area (TPSA) is 56.5 Å². The molecule has 4 nitrogen and oxygen atoms in total. The van der Waals surface area contributed by atoms with E-state index in [2.05, 4.69) is 26.7 Å². The number of hydrogen-bond donors (Lipinski definition) is 2. The maximum Gasteiger partial charge on any atom is 0.161 e. The molecule has 0 aliphatic heterocycles. The Bertz CT molecular complexity index is 589. The van der Waals surface area contributed by atoms with Crippen molar-refractivity contribution in [1.29, 1.82) is 0 Å². The van der Waals surface area contributed by atoms with Crippen LogP contribution in [0.5, 0.6) is 11.5 Å². The molecule has 2 rings (SSSR count). The Morgan fingerprint density at radius 3 is 2.48 bits per heavy atom. The zero-order valence-electron chi connectivity index (χ0n) is 12.1. The van der Waals surface area contributed by atoms with Crippen molar-refractivity contribution in [2.24, 2.45) is 5.84 Å². The molecule has 0 saturated carbocycles. The predicted molar refractivity (Wildman–Crippen MR) is 90.0 cm³/mol. The summed E-state index contributed by atoms with van der Waals surface area (Å²) in [5.74, 6) is 7.24. The number of rotatable bonds is 7. The van der Waals surface area contributed by atoms with Crippen molar-refractivity contribution in [1.82, 2.24) is 5.43 Å². The highest BCUT2D eigenvalue weighted by Crippen LogP contribution is 2.35. The summed E-state index contributed by atoms with van der Waals surface area (Å²) in [5, 5.41) is 4.11. The molecule has 21 heavy (non-hydrogen) atoms. The first-order valence-electron chi connectivity index (χ1n) is 6.78. The third-order valence-electron chi connectivity index (χ3n) is 3.02. The van der Waals surface area contributed by atoms with Crippen molar-refractivity contribution in [3.8, 4) is 11.5 Å². The van der Waals surface area contributed by atoms with Crippen LogP contribution >= 0.6 is 27.3 Å². The van der Waals surface area contributed by atoms with E-state index in [0.717, 1.165) is 27.1 Å². The fourth-order valence-corrected chi connectivity index (χ4v) is 3.66. The molecule has 1 heterocycles. The van der Waals surface area contributed by atoms with Crippen LogP contribution in [0.15, 0.2) is 33.4 Å². The van der Waals surface area contributed by atoms with Gasteiger partial charge in [0, 0.05) is 9.85 Å². The third-order valence-corrected chi connectivity index (χ3v) is 4.77. The van der Waals surface area contributed by atoms with Crippen molar-refractivity contribution in [3.63, 3.8) is 0 Å². The second-order valence-electron chi connectivity index (χ2n) is 4.35. The van der Waals surface area contributed by atoms with Gasteiger partial charge >= 0.3 is 0 Å². The van der Waals surface area contributed by atoms with Gasteiger partial charge in [0.05, 0.1) is 19.3 Å². The highest BCUT2D eigenvalue weighted by atomic mass is 79.9. The maximum absolute atomic E-state index is 5.75. The molecule has 1 aromatic carbocycles. The van der Waals surface area contributed by atoms with Crippen molar-refractivity contribution in [3.05, 3.63) is 44.6 Å². The molecule has 0 radical (unpaired) electrons. The lowest BCUT2D eigenvalue weighted by Gasteiger charge is -2.19.